The standard InChI is InChI=1S/C28H43O4P/c1-8-22(4)20-25(23-16-18-26(19-17-23)32-28(5,6)7)21-27(24-14-12-11-13-15-24)33(29,30-9-2)31-10-3/h11-19,22,25,27H,8-10,20-21H2,1-7H3. The molecule has 33 heavy (non-hydrogen) atoms. The van der Waals surface area contributed by atoms with Gasteiger partial charge in [0.05, 0.1) is 18.9 Å². The van der Waals surface area contributed by atoms with E-state index in [4.69, 9.17) is 13.8 Å². The van der Waals surface area contributed by atoms with E-state index in [2.05, 4.69) is 46.8 Å². The first-order chi connectivity index (χ1) is 15.6. The van der Waals surface area contributed by atoms with Crippen LogP contribution < -0.4 is 4.74 Å². The van der Waals surface area contributed by atoms with Crippen molar-refractivity contribution in [2.24, 2.45) is 5.92 Å². The van der Waals surface area contributed by atoms with E-state index in [0.29, 0.717) is 25.6 Å². The predicted octanol–water partition coefficient (Wildman–Crippen LogP) is 8.78. The molecule has 5 heteroatoms. The van der Waals surface area contributed by atoms with E-state index in [1.165, 1.54) is 5.56 Å². The molecule has 0 aliphatic carbocycles. The van der Waals surface area contributed by atoms with Crippen LogP contribution in [-0.2, 0) is 13.6 Å². The number of benzene rings is 2. The molecule has 3 atom stereocenters. The Labute approximate surface area is 201 Å². The average molecular weight is 475 g/mol. The van der Waals surface area contributed by atoms with Crippen molar-refractivity contribution in [3.8, 4) is 5.75 Å². The van der Waals surface area contributed by atoms with E-state index < -0.39 is 7.60 Å². The fraction of sp³-hybridized carbons (Fsp3) is 0.571. The molecule has 0 aliphatic rings. The Morgan fingerprint density at radius 3 is 1.88 bits per heavy atom. The van der Waals surface area contributed by atoms with Crippen molar-refractivity contribution < 1.29 is 18.3 Å². The molecule has 0 radical (unpaired) electrons. The molecule has 2 rings (SSSR count). The van der Waals surface area contributed by atoms with Crippen LogP contribution in [-0.4, -0.2) is 18.8 Å². The Morgan fingerprint density at radius 1 is 0.818 bits per heavy atom. The van der Waals surface area contributed by atoms with Crippen LogP contribution in [0.3, 0.4) is 0 Å². The highest BCUT2D eigenvalue weighted by Crippen LogP contribution is 2.64. The molecule has 2 aromatic rings. The Hall–Kier alpha value is -1.61. The Bertz CT molecular complexity index is 848. The maximum Gasteiger partial charge on any atom is 0.338 e. The van der Waals surface area contributed by atoms with Crippen molar-refractivity contribution in [1.29, 1.82) is 0 Å². The first-order valence-corrected chi connectivity index (χ1v) is 14.0. The van der Waals surface area contributed by atoms with Crippen LogP contribution in [0.4, 0.5) is 0 Å². The van der Waals surface area contributed by atoms with Crippen molar-refractivity contribution in [2.45, 2.75) is 84.9 Å². The van der Waals surface area contributed by atoms with Crippen molar-refractivity contribution >= 4 is 7.60 Å². The third-order valence-electron chi connectivity index (χ3n) is 5.85. The van der Waals surface area contributed by atoms with E-state index >= 15 is 0 Å². The summed E-state index contributed by atoms with van der Waals surface area (Å²) in [4.78, 5) is 0. The lowest BCUT2D eigenvalue weighted by Gasteiger charge is -2.31. The summed E-state index contributed by atoms with van der Waals surface area (Å²) in [6, 6.07) is 18.5. The Morgan fingerprint density at radius 2 is 1.39 bits per heavy atom. The first kappa shape index (κ1) is 27.6. The number of hydrogen-bond donors (Lipinski definition) is 0. The summed E-state index contributed by atoms with van der Waals surface area (Å²) in [6.45, 7) is 15.1. The summed E-state index contributed by atoms with van der Waals surface area (Å²) in [5, 5.41) is 0. The first-order valence-electron chi connectivity index (χ1n) is 12.3. The summed E-state index contributed by atoms with van der Waals surface area (Å²) in [5.74, 6) is 1.64. The molecule has 0 heterocycles. The lowest BCUT2D eigenvalue weighted by atomic mass is 9.84. The second kappa shape index (κ2) is 12.7. The molecule has 0 saturated heterocycles. The van der Waals surface area contributed by atoms with Crippen molar-refractivity contribution in [3.05, 3.63) is 65.7 Å². The van der Waals surface area contributed by atoms with Gasteiger partial charge < -0.3 is 13.8 Å². The monoisotopic (exact) mass is 474 g/mol. The van der Waals surface area contributed by atoms with Crippen molar-refractivity contribution in [1.82, 2.24) is 0 Å². The van der Waals surface area contributed by atoms with Gasteiger partial charge in [0.1, 0.15) is 11.4 Å². The molecule has 0 spiro atoms. The minimum Gasteiger partial charge on any atom is -0.488 e. The summed E-state index contributed by atoms with van der Waals surface area (Å²) in [6.07, 6.45) is 2.81. The maximum absolute atomic E-state index is 14.0. The van der Waals surface area contributed by atoms with E-state index in [0.717, 1.165) is 24.2 Å². The summed E-state index contributed by atoms with van der Waals surface area (Å²) >= 11 is 0. The molecule has 0 aliphatic heterocycles. The van der Waals surface area contributed by atoms with Gasteiger partial charge in [-0.1, -0.05) is 62.7 Å². The normalized spacial score (nSPS) is 15.1. The lowest BCUT2D eigenvalue weighted by molar-refractivity contribution is 0.131. The molecule has 3 unspecified atom stereocenters. The predicted molar refractivity (Wildman–Crippen MR) is 138 cm³/mol. The van der Waals surface area contributed by atoms with Gasteiger partial charge >= 0.3 is 7.60 Å². The molecule has 0 fully saturated rings. The molecular weight excluding hydrogens is 431 g/mol. The van der Waals surface area contributed by atoms with Crippen LogP contribution >= 0.6 is 7.60 Å². The van der Waals surface area contributed by atoms with Gasteiger partial charge in [-0.3, -0.25) is 4.57 Å². The van der Waals surface area contributed by atoms with E-state index in [1.807, 2.05) is 56.3 Å². The van der Waals surface area contributed by atoms with Crippen LogP contribution in [0.15, 0.2) is 54.6 Å². The third-order valence-corrected chi connectivity index (χ3v) is 8.36. The maximum atomic E-state index is 14.0. The SMILES string of the molecule is CCOP(=O)(OCC)C(CC(CC(C)CC)c1ccc(OC(C)(C)C)cc1)c1ccccc1. The molecule has 0 aromatic heterocycles. The van der Waals surface area contributed by atoms with Crippen LogP contribution in [0.1, 0.15) is 90.4 Å². The lowest BCUT2D eigenvalue weighted by Crippen LogP contribution is -2.22. The molecule has 0 saturated carbocycles. The summed E-state index contributed by atoms with van der Waals surface area (Å²) in [5.41, 5.74) is 1.68. The van der Waals surface area contributed by atoms with E-state index in [9.17, 15) is 4.57 Å². The minimum absolute atomic E-state index is 0.225. The van der Waals surface area contributed by atoms with Crippen molar-refractivity contribution in [3.63, 3.8) is 0 Å². The topological polar surface area (TPSA) is 44.8 Å². The van der Waals surface area contributed by atoms with Crippen LogP contribution in [0.5, 0.6) is 5.75 Å². The highest BCUT2D eigenvalue weighted by Gasteiger charge is 2.38. The number of rotatable bonds is 13. The van der Waals surface area contributed by atoms with Gasteiger partial charge in [-0.15, -0.1) is 0 Å². The fourth-order valence-corrected chi connectivity index (χ4v) is 6.36. The molecule has 0 N–H and O–H groups in total. The minimum atomic E-state index is -3.34. The molecule has 4 nitrogen and oxygen atoms in total. The van der Waals surface area contributed by atoms with Gasteiger partial charge in [-0.2, -0.15) is 0 Å². The molecular formula is C28H43O4P. The summed E-state index contributed by atoms with van der Waals surface area (Å²) in [7, 11) is -3.34. The van der Waals surface area contributed by atoms with Crippen LogP contribution in [0.2, 0.25) is 0 Å². The van der Waals surface area contributed by atoms with Gasteiger partial charge in [0.2, 0.25) is 0 Å². The van der Waals surface area contributed by atoms with Gasteiger partial charge in [-0.05, 0) is 82.6 Å². The molecule has 0 bridgehead atoms. The molecule has 184 valence electrons. The fourth-order valence-electron chi connectivity index (χ4n) is 4.15. The molecule has 2 aromatic carbocycles. The Balaban J connectivity index is 2.44. The van der Waals surface area contributed by atoms with Gasteiger partial charge in [0.15, 0.2) is 0 Å². The van der Waals surface area contributed by atoms with Gasteiger partial charge in [0.25, 0.3) is 0 Å². The van der Waals surface area contributed by atoms with Crippen molar-refractivity contribution in [2.75, 3.05) is 13.2 Å². The van der Waals surface area contributed by atoms with Gasteiger partial charge in [-0.25, -0.2) is 0 Å². The van der Waals surface area contributed by atoms with Crippen LogP contribution in [0.25, 0.3) is 0 Å². The average Bonchev–Trinajstić information content (AvgIpc) is 2.76. The van der Waals surface area contributed by atoms with Crippen LogP contribution in [0, 0.1) is 5.92 Å². The zero-order chi connectivity index (χ0) is 24.5. The Kier molecular flexibility index (Phi) is 10.7. The van der Waals surface area contributed by atoms with E-state index in [-0.39, 0.29) is 17.2 Å². The summed E-state index contributed by atoms with van der Waals surface area (Å²) < 4.78 is 31.7. The number of hydrogen-bond acceptors (Lipinski definition) is 4. The molecule has 0 amide bonds. The highest BCUT2D eigenvalue weighted by atomic mass is 31.2. The smallest absolute Gasteiger partial charge is 0.338 e. The number of ether oxygens (including phenoxy) is 1. The third kappa shape index (κ3) is 8.59. The largest absolute Gasteiger partial charge is 0.488 e. The zero-order valence-corrected chi connectivity index (χ0v) is 22.4. The second-order valence-corrected chi connectivity index (χ2v) is 12.0. The quantitative estimate of drug-likeness (QED) is 0.272. The highest BCUT2D eigenvalue weighted by molar-refractivity contribution is 7.54. The van der Waals surface area contributed by atoms with Gasteiger partial charge in [0, 0.05) is 0 Å². The second-order valence-electron chi connectivity index (χ2n) is 9.77. The zero-order valence-electron chi connectivity index (χ0n) is 21.5. The van der Waals surface area contributed by atoms with E-state index in [1.54, 1.807) is 0 Å².